The molecule has 0 aliphatic heterocycles. The molecule has 1 aromatic heterocycles. The van der Waals surface area contributed by atoms with Gasteiger partial charge in [-0.3, -0.25) is 4.79 Å². The van der Waals surface area contributed by atoms with Gasteiger partial charge in [0.1, 0.15) is 11.6 Å². The Balaban J connectivity index is 1.86. The molecule has 0 fully saturated rings. The largest absolute Gasteiger partial charge is 0.497 e. The fraction of sp³-hybridized carbons (Fsp3) is 0.294. The van der Waals surface area contributed by atoms with Crippen molar-refractivity contribution in [2.45, 2.75) is 19.4 Å². The molecular formula is C17H21N3O3. The van der Waals surface area contributed by atoms with Gasteiger partial charge in [-0.1, -0.05) is 12.1 Å². The van der Waals surface area contributed by atoms with Crippen LogP contribution in [-0.4, -0.2) is 35.8 Å². The van der Waals surface area contributed by atoms with E-state index in [-0.39, 0.29) is 12.3 Å². The quantitative estimate of drug-likeness (QED) is 0.728. The lowest BCUT2D eigenvalue weighted by atomic mass is 10.1. The van der Waals surface area contributed by atoms with Gasteiger partial charge in [-0.2, -0.15) is 0 Å². The normalized spacial score (nSPS) is 11.6. The van der Waals surface area contributed by atoms with E-state index in [2.05, 4.69) is 15.6 Å². The third kappa shape index (κ3) is 5.60. The van der Waals surface area contributed by atoms with Gasteiger partial charge in [-0.15, -0.1) is 0 Å². The highest BCUT2D eigenvalue weighted by Gasteiger charge is 2.05. The molecule has 0 saturated carbocycles. The van der Waals surface area contributed by atoms with Crippen molar-refractivity contribution in [1.29, 1.82) is 0 Å². The number of carbonyl (C=O) groups is 1. The third-order valence-electron chi connectivity index (χ3n) is 3.15. The van der Waals surface area contributed by atoms with Crippen molar-refractivity contribution in [3.05, 3.63) is 48.2 Å². The van der Waals surface area contributed by atoms with Crippen molar-refractivity contribution in [1.82, 2.24) is 4.98 Å². The van der Waals surface area contributed by atoms with Gasteiger partial charge < -0.3 is 20.5 Å². The molecule has 0 aliphatic carbocycles. The van der Waals surface area contributed by atoms with Crippen LogP contribution in [0.1, 0.15) is 12.5 Å². The van der Waals surface area contributed by atoms with Gasteiger partial charge in [0, 0.05) is 6.54 Å². The predicted octanol–water partition coefficient (Wildman–Crippen LogP) is 2.06. The number of nitrogens with zero attached hydrogens (tertiary/aromatic N) is 1. The maximum atomic E-state index is 12.0. The lowest BCUT2D eigenvalue weighted by molar-refractivity contribution is -0.115. The number of methoxy groups -OCH3 is 1. The first-order valence-electron chi connectivity index (χ1n) is 7.37. The van der Waals surface area contributed by atoms with Crippen molar-refractivity contribution in [3.8, 4) is 5.75 Å². The van der Waals surface area contributed by atoms with Crippen LogP contribution in [0.25, 0.3) is 0 Å². The number of hydrogen-bond donors (Lipinski definition) is 3. The molecule has 0 bridgehead atoms. The number of ether oxygens (including phenoxy) is 1. The maximum Gasteiger partial charge on any atom is 0.228 e. The molecule has 0 radical (unpaired) electrons. The van der Waals surface area contributed by atoms with Gasteiger partial charge in [0.05, 0.1) is 31.5 Å². The van der Waals surface area contributed by atoms with E-state index in [9.17, 15) is 9.90 Å². The summed E-state index contributed by atoms with van der Waals surface area (Å²) in [5.41, 5.74) is 1.54. The van der Waals surface area contributed by atoms with Crippen LogP contribution in [0.15, 0.2) is 42.6 Å². The molecule has 122 valence electrons. The molecular weight excluding hydrogens is 294 g/mol. The molecule has 1 heterocycles. The molecule has 23 heavy (non-hydrogen) atoms. The number of hydrogen-bond acceptors (Lipinski definition) is 5. The Morgan fingerprint density at radius 2 is 2.00 bits per heavy atom. The molecule has 0 saturated heterocycles. The first kappa shape index (κ1) is 16.8. The Bertz CT molecular complexity index is 625. The molecule has 2 rings (SSSR count). The van der Waals surface area contributed by atoms with Crippen LogP contribution in [0, 0.1) is 0 Å². The highest BCUT2D eigenvalue weighted by Crippen LogP contribution is 2.13. The summed E-state index contributed by atoms with van der Waals surface area (Å²) < 4.78 is 5.09. The number of nitrogens with one attached hydrogen (secondary N) is 2. The lowest BCUT2D eigenvalue weighted by Crippen LogP contribution is -2.16. The van der Waals surface area contributed by atoms with E-state index in [4.69, 9.17) is 4.74 Å². The zero-order chi connectivity index (χ0) is 16.7. The minimum absolute atomic E-state index is 0.110. The zero-order valence-electron chi connectivity index (χ0n) is 13.2. The number of pyridine rings is 1. The van der Waals surface area contributed by atoms with Gasteiger partial charge in [-0.25, -0.2) is 4.98 Å². The monoisotopic (exact) mass is 315 g/mol. The first-order chi connectivity index (χ1) is 11.1. The van der Waals surface area contributed by atoms with Crippen molar-refractivity contribution < 1.29 is 14.6 Å². The van der Waals surface area contributed by atoms with E-state index in [0.717, 1.165) is 11.3 Å². The van der Waals surface area contributed by atoms with Gasteiger partial charge in [0.25, 0.3) is 0 Å². The number of amides is 1. The standard InChI is InChI=1S/C17H21N3O3/c1-12(21)10-18-16-8-5-14(11-19-16)20-17(22)9-13-3-6-15(23-2)7-4-13/h3-8,11-12,21H,9-10H2,1-2H3,(H,18,19)(H,20,22). The summed E-state index contributed by atoms with van der Waals surface area (Å²) >= 11 is 0. The number of aromatic nitrogens is 1. The summed E-state index contributed by atoms with van der Waals surface area (Å²) in [6, 6.07) is 10.9. The molecule has 2 aromatic rings. The lowest BCUT2D eigenvalue weighted by Gasteiger charge is -2.09. The summed E-state index contributed by atoms with van der Waals surface area (Å²) in [6.45, 7) is 2.12. The van der Waals surface area contributed by atoms with E-state index in [1.54, 1.807) is 32.4 Å². The summed E-state index contributed by atoms with van der Waals surface area (Å²) in [4.78, 5) is 16.2. The third-order valence-corrected chi connectivity index (χ3v) is 3.15. The number of benzene rings is 1. The summed E-state index contributed by atoms with van der Waals surface area (Å²) in [5.74, 6) is 1.30. The van der Waals surface area contributed by atoms with E-state index in [1.807, 2.05) is 24.3 Å². The molecule has 6 nitrogen and oxygen atoms in total. The van der Waals surface area contributed by atoms with Crippen LogP contribution in [0.2, 0.25) is 0 Å². The Morgan fingerprint density at radius 1 is 1.26 bits per heavy atom. The van der Waals surface area contributed by atoms with Gasteiger partial charge in [-0.05, 0) is 36.8 Å². The molecule has 1 aromatic carbocycles. The number of rotatable bonds is 7. The van der Waals surface area contributed by atoms with Gasteiger partial charge >= 0.3 is 0 Å². The van der Waals surface area contributed by atoms with Crippen molar-refractivity contribution in [2.24, 2.45) is 0 Å². The predicted molar refractivity (Wildman–Crippen MR) is 89.7 cm³/mol. The molecule has 1 amide bonds. The van der Waals surface area contributed by atoms with Crippen LogP contribution in [-0.2, 0) is 11.2 Å². The number of aliphatic hydroxyl groups is 1. The number of anilines is 2. The fourth-order valence-electron chi connectivity index (χ4n) is 1.96. The second-order valence-corrected chi connectivity index (χ2v) is 5.24. The second-order valence-electron chi connectivity index (χ2n) is 5.24. The number of aliphatic hydroxyl groups excluding tert-OH is 1. The molecule has 1 atom stereocenters. The van der Waals surface area contributed by atoms with Gasteiger partial charge in [0.15, 0.2) is 0 Å². The minimum Gasteiger partial charge on any atom is -0.497 e. The van der Waals surface area contributed by atoms with Crippen LogP contribution in [0.4, 0.5) is 11.5 Å². The van der Waals surface area contributed by atoms with Crippen molar-refractivity contribution in [3.63, 3.8) is 0 Å². The highest BCUT2D eigenvalue weighted by molar-refractivity contribution is 5.92. The first-order valence-corrected chi connectivity index (χ1v) is 7.37. The average Bonchev–Trinajstić information content (AvgIpc) is 2.55. The molecule has 1 unspecified atom stereocenters. The Kier molecular flexibility index (Phi) is 5.94. The SMILES string of the molecule is COc1ccc(CC(=O)Nc2ccc(NCC(C)O)nc2)cc1. The highest BCUT2D eigenvalue weighted by atomic mass is 16.5. The van der Waals surface area contributed by atoms with Crippen LogP contribution in [0.3, 0.4) is 0 Å². The summed E-state index contributed by atoms with van der Waals surface area (Å²) in [6.07, 6.45) is 1.42. The fourth-order valence-corrected chi connectivity index (χ4v) is 1.96. The molecule has 3 N–H and O–H groups in total. The summed E-state index contributed by atoms with van der Waals surface area (Å²) in [5, 5.41) is 15.0. The van der Waals surface area contributed by atoms with Crippen molar-refractivity contribution >= 4 is 17.4 Å². The topological polar surface area (TPSA) is 83.5 Å². The zero-order valence-corrected chi connectivity index (χ0v) is 13.2. The van der Waals surface area contributed by atoms with E-state index in [0.29, 0.717) is 18.1 Å². The molecule has 0 spiro atoms. The summed E-state index contributed by atoms with van der Waals surface area (Å²) in [7, 11) is 1.61. The Morgan fingerprint density at radius 3 is 2.57 bits per heavy atom. The average molecular weight is 315 g/mol. The Labute approximate surface area is 135 Å². The van der Waals surface area contributed by atoms with Crippen LogP contribution >= 0.6 is 0 Å². The van der Waals surface area contributed by atoms with E-state index < -0.39 is 6.10 Å². The Hall–Kier alpha value is -2.60. The second kappa shape index (κ2) is 8.14. The number of carbonyl (C=O) groups excluding carboxylic acids is 1. The minimum atomic E-state index is -0.444. The smallest absolute Gasteiger partial charge is 0.228 e. The van der Waals surface area contributed by atoms with E-state index >= 15 is 0 Å². The van der Waals surface area contributed by atoms with Crippen molar-refractivity contribution in [2.75, 3.05) is 24.3 Å². The molecule has 6 heteroatoms. The molecule has 0 aliphatic rings. The van der Waals surface area contributed by atoms with E-state index in [1.165, 1.54) is 0 Å². The van der Waals surface area contributed by atoms with Crippen LogP contribution in [0.5, 0.6) is 5.75 Å². The van der Waals surface area contributed by atoms with Gasteiger partial charge in [0.2, 0.25) is 5.91 Å². The van der Waals surface area contributed by atoms with Crippen LogP contribution < -0.4 is 15.4 Å². The maximum absolute atomic E-state index is 12.0.